The van der Waals surface area contributed by atoms with Crippen molar-refractivity contribution in [3.05, 3.63) is 28.8 Å². The van der Waals surface area contributed by atoms with E-state index in [4.69, 9.17) is 27.1 Å². The van der Waals surface area contributed by atoms with Gasteiger partial charge in [-0.2, -0.15) is 9.98 Å². The number of hydrogen-bond acceptors (Lipinski definition) is 5. The van der Waals surface area contributed by atoms with Crippen molar-refractivity contribution in [2.75, 3.05) is 6.61 Å². The van der Waals surface area contributed by atoms with E-state index in [1.165, 1.54) is 12.1 Å². The summed E-state index contributed by atoms with van der Waals surface area (Å²) in [5.41, 5.74) is -0.182. The molecule has 7 nitrogen and oxygen atoms in total. The molecule has 0 saturated heterocycles. The molecule has 1 atom stereocenters. The maximum absolute atomic E-state index is 11.9. The van der Waals surface area contributed by atoms with Gasteiger partial charge in [0, 0.05) is 5.02 Å². The Labute approximate surface area is 114 Å². The smallest absolute Gasteiger partial charge is 0.324 e. The van der Waals surface area contributed by atoms with Crippen molar-refractivity contribution in [1.29, 1.82) is 5.26 Å². The van der Waals surface area contributed by atoms with Crippen LogP contribution in [0, 0.1) is 11.3 Å². The lowest BCUT2D eigenvalue weighted by Crippen LogP contribution is -2.43. The number of carboxylic acid groups (broad SMARTS) is 1. The van der Waals surface area contributed by atoms with Crippen LogP contribution in [0.5, 0.6) is 0 Å². The Morgan fingerprint density at radius 3 is 2.63 bits per heavy atom. The number of carboxylic acids is 1. The summed E-state index contributed by atoms with van der Waals surface area (Å²) in [6.45, 7) is -0.920. The largest absolute Gasteiger partial charge is 0.480 e. The third-order valence-electron chi connectivity index (χ3n) is 2.13. The number of benzene rings is 1. The first-order chi connectivity index (χ1) is 8.81. The molecule has 3 N–H and O–H groups in total. The van der Waals surface area contributed by atoms with E-state index in [1.54, 1.807) is 10.8 Å². The Kier molecular flexibility index (Phi) is 4.85. The van der Waals surface area contributed by atoms with Crippen LogP contribution in [0.3, 0.4) is 0 Å². The Morgan fingerprint density at radius 2 is 2.16 bits per heavy atom. The maximum atomic E-state index is 11.9. The van der Waals surface area contributed by atoms with Crippen LogP contribution in [-0.4, -0.2) is 37.2 Å². The van der Waals surface area contributed by atoms with Crippen molar-refractivity contribution in [1.82, 2.24) is 4.72 Å². The summed E-state index contributed by atoms with van der Waals surface area (Å²) in [4.78, 5) is 10.2. The van der Waals surface area contributed by atoms with E-state index in [2.05, 4.69) is 0 Å². The van der Waals surface area contributed by atoms with E-state index in [9.17, 15) is 13.2 Å². The summed E-state index contributed by atoms with van der Waals surface area (Å²) in [5.74, 6) is -1.54. The van der Waals surface area contributed by atoms with Gasteiger partial charge in [0.05, 0.1) is 12.2 Å². The molecule has 1 unspecified atom stereocenters. The highest BCUT2D eigenvalue weighted by atomic mass is 35.5. The molecule has 102 valence electrons. The first kappa shape index (κ1) is 15.4. The molecule has 9 heteroatoms. The molecule has 1 rings (SSSR count). The Morgan fingerprint density at radius 1 is 1.53 bits per heavy atom. The summed E-state index contributed by atoms with van der Waals surface area (Å²) < 4.78 is 25.7. The molecule has 0 bridgehead atoms. The SMILES string of the molecule is N#Cc1ccc(Cl)cc1S(=O)(=O)NC(CO)C(=O)O. The van der Waals surface area contributed by atoms with Crippen LogP contribution in [0.2, 0.25) is 5.02 Å². The van der Waals surface area contributed by atoms with Crippen molar-refractivity contribution >= 4 is 27.6 Å². The van der Waals surface area contributed by atoms with Gasteiger partial charge in [0.1, 0.15) is 17.0 Å². The normalized spacial score (nSPS) is 12.7. The standard InChI is InChI=1S/C10H9ClN2O5S/c11-7-2-1-6(4-12)9(3-7)19(17,18)13-8(5-14)10(15)16/h1-3,8,13-14H,5H2,(H,15,16). The number of carbonyl (C=O) groups is 1. The van der Waals surface area contributed by atoms with Gasteiger partial charge in [-0.1, -0.05) is 11.6 Å². The van der Waals surface area contributed by atoms with Crippen LogP contribution >= 0.6 is 11.6 Å². The van der Waals surface area contributed by atoms with E-state index in [0.717, 1.165) is 6.07 Å². The van der Waals surface area contributed by atoms with Crippen LogP contribution in [0.25, 0.3) is 0 Å². The van der Waals surface area contributed by atoms with Crippen LogP contribution in [-0.2, 0) is 14.8 Å². The summed E-state index contributed by atoms with van der Waals surface area (Å²) in [6.07, 6.45) is 0. The van der Waals surface area contributed by atoms with Crippen molar-refractivity contribution < 1.29 is 23.4 Å². The minimum atomic E-state index is -4.28. The zero-order chi connectivity index (χ0) is 14.6. The molecular weight excluding hydrogens is 296 g/mol. The van der Waals surface area contributed by atoms with Gasteiger partial charge in [-0.15, -0.1) is 0 Å². The van der Waals surface area contributed by atoms with Gasteiger partial charge in [0.2, 0.25) is 10.0 Å². The van der Waals surface area contributed by atoms with Crippen molar-refractivity contribution in [3.8, 4) is 6.07 Å². The van der Waals surface area contributed by atoms with Gasteiger partial charge >= 0.3 is 5.97 Å². The predicted octanol–water partition coefficient (Wildman–Crippen LogP) is -0.0645. The van der Waals surface area contributed by atoms with Crippen molar-refractivity contribution in [2.24, 2.45) is 0 Å². The summed E-state index contributed by atoms with van der Waals surface area (Å²) in [7, 11) is -4.28. The van der Waals surface area contributed by atoms with Crippen LogP contribution < -0.4 is 4.72 Å². The second kappa shape index (κ2) is 5.99. The van der Waals surface area contributed by atoms with Gasteiger partial charge in [-0.25, -0.2) is 8.42 Å². The summed E-state index contributed by atoms with van der Waals surface area (Å²) >= 11 is 5.65. The third-order valence-corrected chi connectivity index (χ3v) is 3.88. The Balaban J connectivity index is 3.25. The average molecular weight is 305 g/mol. The van der Waals surface area contributed by atoms with Crippen molar-refractivity contribution in [3.63, 3.8) is 0 Å². The predicted molar refractivity (Wildman–Crippen MR) is 65.0 cm³/mol. The number of aliphatic carboxylic acids is 1. The Hall–Kier alpha value is -1.66. The maximum Gasteiger partial charge on any atom is 0.324 e. The van der Waals surface area contributed by atoms with Crippen LogP contribution in [0.1, 0.15) is 5.56 Å². The topological polar surface area (TPSA) is 127 Å². The van der Waals surface area contributed by atoms with Crippen LogP contribution in [0.15, 0.2) is 23.1 Å². The zero-order valence-electron chi connectivity index (χ0n) is 9.37. The molecule has 0 aromatic heterocycles. The first-order valence-electron chi connectivity index (χ1n) is 4.87. The summed E-state index contributed by atoms with van der Waals surface area (Å²) in [6, 6.07) is 3.52. The lowest BCUT2D eigenvalue weighted by atomic mass is 10.2. The Bertz CT molecular complexity index is 638. The van der Waals surface area contributed by atoms with Gasteiger partial charge in [0.25, 0.3) is 0 Å². The first-order valence-corrected chi connectivity index (χ1v) is 6.73. The molecule has 0 amide bonds. The molecule has 0 spiro atoms. The van der Waals surface area contributed by atoms with E-state index in [-0.39, 0.29) is 10.6 Å². The molecular formula is C10H9ClN2O5S. The van der Waals surface area contributed by atoms with Gasteiger partial charge in [-0.3, -0.25) is 4.79 Å². The summed E-state index contributed by atoms with van der Waals surface area (Å²) in [5, 5.41) is 26.4. The number of sulfonamides is 1. The van der Waals surface area contributed by atoms with E-state index >= 15 is 0 Å². The molecule has 0 saturated carbocycles. The minimum Gasteiger partial charge on any atom is -0.480 e. The van der Waals surface area contributed by atoms with Gasteiger partial charge < -0.3 is 10.2 Å². The number of nitriles is 1. The van der Waals surface area contributed by atoms with E-state index in [1.807, 2.05) is 0 Å². The number of aliphatic hydroxyl groups excluding tert-OH is 1. The number of nitrogens with zero attached hydrogens (tertiary/aromatic N) is 1. The monoisotopic (exact) mass is 304 g/mol. The fourth-order valence-corrected chi connectivity index (χ4v) is 2.83. The number of nitrogens with one attached hydrogen (secondary N) is 1. The van der Waals surface area contributed by atoms with Gasteiger partial charge in [-0.05, 0) is 18.2 Å². The molecule has 1 aromatic carbocycles. The van der Waals surface area contributed by atoms with Crippen LogP contribution in [0.4, 0.5) is 0 Å². The molecule has 0 fully saturated rings. The third kappa shape index (κ3) is 3.65. The molecule has 0 aliphatic rings. The molecule has 0 heterocycles. The average Bonchev–Trinajstić information content (AvgIpc) is 2.35. The lowest BCUT2D eigenvalue weighted by Gasteiger charge is -2.13. The highest BCUT2D eigenvalue weighted by molar-refractivity contribution is 7.89. The number of hydrogen-bond donors (Lipinski definition) is 3. The lowest BCUT2D eigenvalue weighted by molar-refractivity contribution is -0.139. The highest BCUT2D eigenvalue weighted by Gasteiger charge is 2.26. The second-order valence-corrected chi connectivity index (χ2v) is 5.57. The second-order valence-electron chi connectivity index (χ2n) is 3.45. The molecule has 0 aliphatic carbocycles. The molecule has 19 heavy (non-hydrogen) atoms. The fourth-order valence-electron chi connectivity index (χ4n) is 1.23. The van der Waals surface area contributed by atoms with Crippen molar-refractivity contribution in [2.45, 2.75) is 10.9 Å². The number of rotatable bonds is 5. The van der Waals surface area contributed by atoms with E-state index in [0.29, 0.717) is 0 Å². The quantitative estimate of drug-likeness (QED) is 0.699. The molecule has 1 aromatic rings. The number of aliphatic hydroxyl groups is 1. The fraction of sp³-hybridized carbons (Fsp3) is 0.200. The number of halogens is 1. The molecule has 0 aliphatic heterocycles. The van der Waals surface area contributed by atoms with Gasteiger partial charge in [0.15, 0.2) is 0 Å². The minimum absolute atomic E-state index is 0.0789. The highest BCUT2D eigenvalue weighted by Crippen LogP contribution is 2.20. The molecule has 0 radical (unpaired) electrons. The van der Waals surface area contributed by atoms with E-state index < -0.39 is 33.5 Å². The zero-order valence-corrected chi connectivity index (χ0v) is 10.9.